The van der Waals surface area contributed by atoms with Crippen LogP contribution in [0.25, 0.3) is 0 Å². The SMILES string of the molecule is C=CCN(Cc1ccccc1)C(=O)[C@@H]1[C@@H]2CCC3(O2)C(C(=O)N(CC=C)c2c(C)cccc2Cl)N([C@@H](CO)[C@@H](C)CC)C(=O)[C@H]13. The van der Waals surface area contributed by atoms with Crippen LogP contribution < -0.4 is 4.90 Å². The van der Waals surface area contributed by atoms with Crippen molar-refractivity contribution in [1.82, 2.24) is 9.80 Å². The quantitative estimate of drug-likeness (QED) is 0.308. The predicted octanol–water partition coefficient (Wildman–Crippen LogP) is 5.16. The second-order valence-corrected chi connectivity index (χ2v) is 13.0. The maximum absolute atomic E-state index is 15.0. The first-order valence-electron chi connectivity index (χ1n) is 15.9. The number of hydrogen-bond acceptors (Lipinski definition) is 5. The van der Waals surface area contributed by atoms with Crippen LogP contribution in [0.2, 0.25) is 5.02 Å². The van der Waals surface area contributed by atoms with Gasteiger partial charge in [0.1, 0.15) is 11.6 Å². The van der Waals surface area contributed by atoms with Crippen molar-refractivity contribution in [2.24, 2.45) is 17.8 Å². The lowest BCUT2D eigenvalue weighted by Gasteiger charge is -2.41. The summed E-state index contributed by atoms with van der Waals surface area (Å²) >= 11 is 6.68. The smallest absolute Gasteiger partial charge is 0.253 e. The number of fused-ring (bicyclic) bond motifs is 1. The molecule has 2 aromatic rings. The number of anilines is 1. The molecule has 9 heteroatoms. The Morgan fingerprint density at radius 1 is 1.13 bits per heavy atom. The number of aryl methyl sites for hydroxylation is 1. The second-order valence-electron chi connectivity index (χ2n) is 12.6. The van der Waals surface area contributed by atoms with Gasteiger partial charge in [-0.25, -0.2) is 0 Å². The van der Waals surface area contributed by atoms with Crippen LogP contribution in [0.1, 0.15) is 44.2 Å². The number of carbonyl (C=O) groups is 3. The molecule has 3 saturated heterocycles. The van der Waals surface area contributed by atoms with E-state index in [0.717, 1.165) is 11.1 Å². The standard InChI is InChI=1S/C36H44ClN3O5/c1-6-19-38(21-25-14-10-9-11-15-25)33(42)29-28-17-18-36(45-28)30(29)34(43)40(27(22-41)23(4)8-3)32(36)35(44)39(20-7-2)31-24(5)13-12-16-26(31)37/h6-7,9-16,23,27-30,32,41H,1-2,8,17-22H2,3-5H3/t23-,27-,28-,29+,30-,32?,36?/m0/s1. The molecule has 3 heterocycles. The molecule has 2 bridgehead atoms. The van der Waals surface area contributed by atoms with E-state index in [9.17, 15) is 19.5 Å². The van der Waals surface area contributed by atoms with E-state index in [4.69, 9.17) is 16.3 Å². The summed E-state index contributed by atoms with van der Waals surface area (Å²) in [4.78, 5) is 49.0. The van der Waals surface area contributed by atoms with Crippen molar-refractivity contribution in [2.75, 3.05) is 24.6 Å². The zero-order valence-corrected chi connectivity index (χ0v) is 27.2. The molecule has 2 unspecified atom stereocenters. The molecule has 1 N–H and O–H groups in total. The summed E-state index contributed by atoms with van der Waals surface area (Å²) in [6.45, 7) is 14.1. The molecular formula is C36H44ClN3O5. The lowest BCUT2D eigenvalue weighted by atomic mass is 9.70. The van der Waals surface area contributed by atoms with Crippen LogP contribution in [-0.2, 0) is 25.7 Å². The second kappa shape index (κ2) is 13.5. The maximum atomic E-state index is 15.0. The normalized spacial score (nSPS) is 26.3. The van der Waals surface area contributed by atoms with Crippen LogP contribution in [-0.4, -0.2) is 76.1 Å². The minimum absolute atomic E-state index is 0.110. The molecule has 5 rings (SSSR count). The van der Waals surface area contributed by atoms with E-state index < -0.39 is 35.6 Å². The number of carbonyl (C=O) groups excluding carboxylic acids is 3. The van der Waals surface area contributed by atoms with Gasteiger partial charge in [-0.05, 0) is 42.9 Å². The summed E-state index contributed by atoms with van der Waals surface area (Å²) < 4.78 is 6.74. The fourth-order valence-corrected chi connectivity index (χ4v) is 8.08. The van der Waals surface area contributed by atoms with Gasteiger partial charge in [0.05, 0.1) is 41.3 Å². The molecule has 1 spiro atoms. The summed E-state index contributed by atoms with van der Waals surface area (Å²) in [6, 6.07) is 13.4. The number of aliphatic hydroxyl groups excluding tert-OH is 1. The summed E-state index contributed by atoms with van der Waals surface area (Å²) in [5.41, 5.74) is 1.09. The van der Waals surface area contributed by atoms with Crippen molar-refractivity contribution in [3.63, 3.8) is 0 Å². The molecule has 240 valence electrons. The number of amides is 3. The zero-order valence-electron chi connectivity index (χ0n) is 26.4. The number of likely N-dealkylation sites (tertiary alicyclic amines) is 1. The molecule has 3 amide bonds. The highest BCUT2D eigenvalue weighted by Crippen LogP contribution is 2.60. The number of nitrogens with zero attached hydrogens (tertiary/aromatic N) is 3. The number of aliphatic hydroxyl groups is 1. The first-order chi connectivity index (χ1) is 21.6. The molecule has 7 atom stereocenters. The minimum Gasteiger partial charge on any atom is -0.394 e. The van der Waals surface area contributed by atoms with Gasteiger partial charge in [-0.2, -0.15) is 0 Å². The van der Waals surface area contributed by atoms with Crippen LogP contribution >= 0.6 is 11.6 Å². The van der Waals surface area contributed by atoms with E-state index in [0.29, 0.717) is 43.1 Å². The van der Waals surface area contributed by atoms with Crippen LogP contribution in [0.15, 0.2) is 73.8 Å². The molecule has 3 fully saturated rings. The van der Waals surface area contributed by atoms with E-state index in [1.165, 1.54) is 0 Å². The van der Waals surface area contributed by atoms with Gasteiger partial charge in [0.25, 0.3) is 5.91 Å². The average molecular weight is 634 g/mol. The van der Waals surface area contributed by atoms with Crippen molar-refractivity contribution in [3.8, 4) is 0 Å². The number of halogens is 1. The topological polar surface area (TPSA) is 90.4 Å². The first kappa shape index (κ1) is 32.9. The number of hydrogen-bond donors (Lipinski definition) is 1. The lowest BCUT2D eigenvalue weighted by molar-refractivity contribution is -0.148. The summed E-state index contributed by atoms with van der Waals surface area (Å²) in [5, 5.41) is 11.1. The molecule has 0 aromatic heterocycles. The van der Waals surface area contributed by atoms with Crippen molar-refractivity contribution in [2.45, 2.75) is 70.4 Å². The predicted molar refractivity (Wildman–Crippen MR) is 176 cm³/mol. The molecule has 45 heavy (non-hydrogen) atoms. The third-order valence-electron chi connectivity index (χ3n) is 10.0. The lowest BCUT2D eigenvalue weighted by Crippen LogP contribution is -2.60. The molecule has 0 saturated carbocycles. The highest BCUT2D eigenvalue weighted by Gasteiger charge is 2.75. The Labute approximate surface area is 271 Å². The fourth-order valence-electron chi connectivity index (χ4n) is 7.76. The van der Waals surface area contributed by atoms with Crippen LogP contribution in [0.5, 0.6) is 0 Å². The van der Waals surface area contributed by atoms with Gasteiger partial charge in [-0.15, -0.1) is 13.2 Å². The van der Waals surface area contributed by atoms with Gasteiger partial charge in [0, 0.05) is 19.6 Å². The molecular weight excluding hydrogens is 590 g/mol. The monoisotopic (exact) mass is 633 g/mol. The number of benzene rings is 2. The summed E-state index contributed by atoms with van der Waals surface area (Å²) in [6.07, 6.45) is 4.49. The van der Waals surface area contributed by atoms with E-state index in [1.54, 1.807) is 32.9 Å². The zero-order chi connectivity index (χ0) is 32.5. The highest BCUT2D eigenvalue weighted by atomic mass is 35.5. The Hall–Kier alpha value is -3.46. The summed E-state index contributed by atoms with van der Waals surface area (Å²) in [5.74, 6) is -2.60. The third-order valence-corrected chi connectivity index (χ3v) is 10.3. The number of rotatable bonds is 13. The Morgan fingerprint density at radius 2 is 1.84 bits per heavy atom. The number of para-hydroxylation sites is 1. The Balaban J connectivity index is 1.61. The van der Waals surface area contributed by atoms with Crippen LogP contribution in [0.3, 0.4) is 0 Å². The van der Waals surface area contributed by atoms with Gasteiger partial charge < -0.3 is 24.5 Å². The maximum Gasteiger partial charge on any atom is 0.253 e. The Bertz CT molecular complexity index is 1430. The molecule has 2 aromatic carbocycles. The first-order valence-corrected chi connectivity index (χ1v) is 16.2. The third kappa shape index (κ3) is 5.62. The van der Waals surface area contributed by atoms with Gasteiger partial charge in [-0.3, -0.25) is 14.4 Å². The van der Waals surface area contributed by atoms with Crippen LogP contribution in [0, 0.1) is 24.7 Å². The molecule has 3 aliphatic heterocycles. The molecule has 8 nitrogen and oxygen atoms in total. The Kier molecular flexibility index (Phi) is 9.87. The van der Waals surface area contributed by atoms with Gasteiger partial charge in [-0.1, -0.05) is 86.5 Å². The molecule has 0 radical (unpaired) electrons. The van der Waals surface area contributed by atoms with Crippen molar-refractivity contribution in [1.29, 1.82) is 0 Å². The van der Waals surface area contributed by atoms with E-state index >= 15 is 0 Å². The van der Waals surface area contributed by atoms with Gasteiger partial charge >= 0.3 is 0 Å². The average Bonchev–Trinajstić information content (AvgIpc) is 3.68. The van der Waals surface area contributed by atoms with Crippen molar-refractivity contribution < 1.29 is 24.2 Å². The van der Waals surface area contributed by atoms with Crippen molar-refractivity contribution in [3.05, 3.63) is 90.0 Å². The highest BCUT2D eigenvalue weighted by molar-refractivity contribution is 6.34. The number of ether oxygens (including phenoxy) is 1. The largest absolute Gasteiger partial charge is 0.394 e. The molecule has 3 aliphatic rings. The van der Waals surface area contributed by atoms with E-state index in [-0.39, 0.29) is 36.8 Å². The Morgan fingerprint density at radius 3 is 2.47 bits per heavy atom. The fraction of sp³-hybridized carbons (Fsp3) is 0.472. The molecule has 0 aliphatic carbocycles. The van der Waals surface area contributed by atoms with Gasteiger partial charge in [0.15, 0.2) is 0 Å². The van der Waals surface area contributed by atoms with E-state index in [2.05, 4.69) is 13.2 Å². The van der Waals surface area contributed by atoms with Gasteiger partial charge in [0.2, 0.25) is 11.8 Å². The summed E-state index contributed by atoms with van der Waals surface area (Å²) in [7, 11) is 0. The van der Waals surface area contributed by atoms with Crippen LogP contribution in [0.4, 0.5) is 5.69 Å². The minimum atomic E-state index is -1.22. The van der Waals surface area contributed by atoms with E-state index in [1.807, 2.05) is 63.2 Å². The van der Waals surface area contributed by atoms with Crippen molar-refractivity contribution >= 4 is 35.0 Å².